The summed E-state index contributed by atoms with van der Waals surface area (Å²) in [5.41, 5.74) is -0.349. The fraction of sp³-hybridized carbons (Fsp3) is 0.513. The SMILES string of the molecule is CCCCCCOc1ccc(C2CCC(OC(=O)C3CCC(c4ccc(-c5ccc(OCC)c(F)c5F)c(F)c4F)CC3)CC2)c(F)c1F. The maximum absolute atomic E-state index is 15.3. The molecular formula is C39H44F6O4. The predicted molar refractivity (Wildman–Crippen MR) is 175 cm³/mol. The van der Waals surface area contributed by atoms with Crippen LogP contribution < -0.4 is 9.47 Å². The summed E-state index contributed by atoms with van der Waals surface area (Å²) in [6.45, 7) is 4.17. The van der Waals surface area contributed by atoms with Crippen LogP contribution in [0.5, 0.6) is 11.5 Å². The Labute approximate surface area is 284 Å². The Morgan fingerprint density at radius 2 is 1.10 bits per heavy atom. The van der Waals surface area contributed by atoms with E-state index in [9.17, 15) is 22.4 Å². The Morgan fingerprint density at radius 1 is 0.592 bits per heavy atom. The van der Waals surface area contributed by atoms with Gasteiger partial charge in [-0.25, -0.2) is 17.6 Å². The van der Waals surface area contributed by atoms with Gasteiger partial charge in [-0.1, -0.05) is 44.4 Å². The first-order chi connectivity index (χ1) is 23.6. The molecule has 5 rings (SSSR count). The van der Waals surface area contributed by atoms with Crippen LogP contribution in [0.15, 0.2) is 36.4 Å². The molecule has 0 radical (unpaired) electrons. The fourth-order valence-corrected chi connectivity index (χ4v) is 7.17. The van der Waals surface area contributed by atoms with Crippen molar-refractivity contribution in [3.8, 4) is 22.6 Å². The largest absolute Gasteiger partial charge is 0.491 e. The van der Waals surface area contributed by atoms with Crippen molar-refractivity contribution >= 4 is 5.97 Å². The van der Waals surface area contributed by atoms with Gasteiger partial charge in [-0.2, -0.15) is 8.78 Å². The van der Waals surface area contributed by atoms with Crippen molar-refractivity contribution in [3.63, 3.8) is 0 Å². The monoisotopic (exact) mass is 690 g/mol. The van der Waals surface area contributed by atoms with E-state index in [2.05, 4.69) is 6.92 Å². The summed E-state index contributed by atoms with van der Waals surface area (Å²) in [5, 5.41) is 0. The lowest BCUT2D eigenvalue weighted by atomic mass is 9.78. The minimum Gasteiger partial charge on any atom is -0.491 e. The normalized spacial score (nSPS) is 21.0. The molecule has 2 fully saturated rings. The van der Waals surface area contributed by atoms with E-state index in [0.29, 0.717) is 63.5 Å². The summed E-state index contributed by atoms with van der Waals surface area (Å²) >= 11 is 0. The van der Waals surface area contributed by atoms with Crippen molar-refractivity contribution in [2.45, 2.75) is 109 Å². The summed E-state index contributed by atoms with van der Waals surface area (Å²) in [4.78, 5) is 13.0. The number of rotatable bonds is 13. The molecule has 2 saturated carbocycles. The van der Waals surface area contributed by atoms with Crippen molar-refractivity contribution in [2.75, 3.05) is 13.2 Å². The van der Waals surface area contributed by atoms with Crippen molar-refractivity contribution < 1.29 is 45.3 Å². The number of esters is 1. The van der Waals surface area contributed by atoms with E-state index in [-0.39, 0.29) is 59.1 Å². The number of hydrogen-bond acceptors (Lipinski definition) is 4. The van der Waals surface area contributed by atoms with Crippen molar-refractivity contribution in [1.29, 1.82) is 0 Å². The van der Waals surface area contributed by atoms with Gasteiger partial charge in [0.25, 0.3) is 0 Å². The van der Waals surface area contributed by atoms with Crippen LogP contribution in [0.1, 0.15) is 114 Å². The van der Waals surface area contributed by atoms with Gasteiger partial charge in [-0.05, 0) is 106 Å². The van der Waals surface area contributed by atoms with Gasteiger partial charge in [0.05, 0.1) is 19.1 Å². The van der Waals surface area contributed by atoms with Crippen LogP contribution in [0.4, 0.5) is 26.3 Å². The summed E-state index contributed by atoms with van der Waals surface area (Å²) in [5.74, 6) is -8.46. The second kappa shape index (κ2) is 16.8. The van der Waals surface area contributed by atoms with Gasteiger partial charge >= 0.3 is 5.97 Å². The van der Waals surface area contributed by atoms with Crippen LogP contribution in [-0.4, -0.2) is 25.3 Å². The zero-order chi connectivity index (χ0) is 35.1. The molecule has 0 unspecified atom stereocenters. The lowest BCUT2D eigenvalue weighted by Crippen LogP contribution is -2.30. The molecule has 0 N–H and O–H groups in total. The smallest absolute Gasteiger partial charge is 0.309 e. The molecule has 0 aromatic heterocycles. The van der Waals surface area contributed by atoms with Crippen LogP contribution in [0, 0.1) is 40.8 Å². The van der Waals surface area contributed by atoms with E-state index >= 15 is 8.78 Å². The van der Waals surface area contributed by atoms with Gasteiger partial charge in [-0.3, -0.25) is 4.79 Å². The number of halogens is 6. The molecule has 266 valence electrons. The first-order valence-electron chi connectivity index (χ1n) is 17.5. The van der Waals surface area contributed by atoms with Gasteiger partial charge in [-0.15, -0.1) is 0 Å². The highest BCUT2D eigenvalue weighted by Gasteiger charge is 2.34. The predicted octanol–water partition coefficient (Wildman–Crippen LogP) is 11.1. The summed E-state index contributed by atoms with van der Waals surface area (Å²) in [6.07, 6.45) is 7.44. The van der Waals surface area contributed by atoms with E-state index in [0.717, 1.165) is 31.7 Å². The zero-order valence-corrected chi connectivity index (χ0v) is 28.1. The van der Waals surface area contributed by atoms with E-state index in [1.807, 2.05) is 0 Å². The lowest BCUT2D eigenvalue weighted by Gasteiger charge is -2.32. The topological polar surface area (TPSA) is 44.8 Å². The highest BCUT2D eigenvalue weighted by molar-refractivity contribution is 5.73. The van der Waals surface area contributed by atoms with Gasteiger partial charge < -0.3 is 14.2 Å². The molecule has 3 aromatic rings. The molecule has 0 heterocycles. The van der Waals surface area contributed by atoms with Crippen molar-refractivity contribution in [1.82, 2.24) is 0 Å². The maximum atomic E-state index is 15.3. The van der Waals surface area contributed by atoms with Crippen LogP contribution in [0.3, 0.4) is 0 Å². The van der Waals surface area contributed by atoms with Crippen LogP contribution in [0.25, 0.3) is 11.1 Å². The average Bonchev–Trinajstić information content (AvgIpc) is 3.11. The van der Waals surface area contributed by atoms with E-state index in [4.69, 9.17) is 14.2 Å². The molecule has 3 aromatic carbocycles. The van der Waals surface area contributed by atoms with Gasteiger partial charge in [0.1, 0.15) is 6.10 Å². The molecule has 0 saturated heterocycles. The highest BCUT2D eigenvalue weighted by Crippen LogP contribution is 2.42. The number of carbonyl (C=O) groups excluding carboxylic acids is 1. The number of unbranched alkanes of at least 4 members (excludes halogenated alkanes) is 3. The third-order valence-corrected chi connectivity index (χ3v) is 9.98. The summed E-state index contributed by atoms with van der Waals surface area (Å²) in [6, 6.07) is 8.07. The molecule has 10 heteroatoms. The third-order valence-electron chi connectivity index (χ3n) is 9.98. The average molecular weight is 691 g/mol. The minimum atomic E-state index is -1.32. The minimum absolute atomic E-state index is 0.0732. The Kier molecular flexibility index (Phi) is 12.6. The molecule has 0 spiro atoms. The van der Waals surface area contributed by atoms with Crippen LogP contribution in [-0.2, 0) is 9.53 Å². The molecule has 0 bridgehead atoms. The summed E-state index contributed by atoms with van der Waals surface area (Å²) < 4.78 is 106. The molecule has 49 heavy (non-hydrogen) atoms. The molecular weight excluding hydrogens is 646 g/mol. The standard InChI is InChI=1S/C39H44F6O4/c1-3-5-6-7-22-48-32-20-18-28(34(41)38(32)45)24-12-14-26(15-13-24)49-39(46)25-10-8-23(9-11-25)27-16-17-29(35(42)33(27)40)30-19-21-31(47-4-2)37(44)36(30)43/h16-21,23-26H,3-15,22H2,1-2H3. The van der Waals surface area contributed by atoms with Gasteiger partial charge in [0, 0.05) is 11.1 Å². The maximum Gasteiger partial charge on any atom is 0.309 e. The molecule has 4 nitrogen and oxygen atoms in total. The zero-order valence-electron chi connectivity index (χ0n) is 28.1. The summed E-state index contributed by atoms with van der Waals surface area (Å²) in [7, 11) is 0. The van der Waals surface area contributed by atoms with Crippen molar-refractivity contribution in [3.05, 3.63) is 82.4 Å². The lowest BCUT2D eigenvalue weighted by molar-refractivity contribution is -0.157. The molecule has 2 aliphatic rings. The highest BCUT2D eigenvalue weighted by atomic mass is 19.2. The Balaban J connectivity index is 1.11. The first kappa shape index (κ1) is 36.6. The Morgan fingerprint density at radius 3 is 1.73 bits per heavy atom. The quantitative estimate of drug-likeness (QED) is 0.102. The number of ether oxygens (including phenoxy) is 3. The second-order valence-electron chi connectivity index (χ2n) is 13.2. The van der Waals surface area contributed by atoms with E-state index in [1.165, 1.54) is 24.3 Å². The fourth-order valence-electron chi connectivity index (χ4n) is 7.17. The molecule has 0 atom stereocenters. The number of carbonyl (C=O) groups is 1. The van der Waals surface area contributed by atoms with Gasteiger partial charge in [0.2, 0.25) is 11.6 Å². The Hall–Kier alpha value is -3.69. The first-order valence-corrected chi connectivity index (χ1v) is 17.5. The molecule has 2 aliphatic carbocycles. The van der Waals surface area contributed by atoms with Crippen molar-refractivity contribution in [2.24, 2.45) is 5.92 Å². The number of hydrogen-bond donors (Lipinski definition) is 0. The van der Waals surface area contributed by atoms with E-state index in [1.54, 1.807) is 13.0 Å². The molecule has 0 amide bonds. The van der Waals surface area contributed by atoms with Gasteiger partial charge in [0.15, 0.2) is 34.8 Å². The van der Waals surface area contributed by atoms with E-state index < -0.39 is 40.5 Å². The Bertz CT molecular complexity index is 1600. The number of benzene rings is 3. The van der Waals surface area contributed by atoms with Crippen LogP contribution >= 0.6 is 0 Å². The van der Waals surface area contributed by atoms with Crippen LogP contribution in [0.2, 0.25) is 0 Å². The third kappa shape index (κ3) is 8.38. The second-order valence-corrected chi connectivity index (χ2v) is 13.2. The molecule has 0 aliphatic heterocycles.